The van der Waals surface area contributed by atoms with Crippen LogP contribution in [0.3, 0.4) is 0 Å². The summed E-state index contributed by atoms with van der Waals surface area (Å²) in [7, 11) is 0. The minimum atomic E-state index is -0.970. The molecule has 0 saturated carbocycles. The van der Waals surface area contributed by atoms with Crippen LogP contribution < -0.4 is 5.43 Å². The van der Waals surface area contributed by atoms with Gasteiger partial charge in [0.05, 0.1) is 12.2 Å². The Morgan fingerprint density at radius 1 is 1.26 bits per heavy atom. The zero-order chi connectivity index (χ0) is 16.4. The van der Waals surface area contributed by atoms with Gasteiger partial charge in [0.25, 0.3) is 0 Å². The standard InChI is InChI=1S/C17H21ClN2O3/c18-12-2-3-15-14(8-12)16(22)9-13(19-15)10-20-6-1-4-17(23,11-21)5-7-20/h2-3,8-9,21,23H,1,4-7,10-11H2,(H,19,22). The van der Waals surface area contributed by atoms with Gasteiger partial charge in [0.15, 0.2) is 5.43 Å². The van der Waals surface area contributed by atoms with E-state index >= 15 is 0 Å². The highest BCUT2D eigenvalue weighted by Crippen LogP contribution is 2.23. The highest BCUT2D eigenvalue weighted by molar-refractivity contribution is 6.31. The Labute approximate surface area is 139 Å². The van der Waals surface area contributed by atoms with Crippen molar-refractivity contribution < 1.29 is 10.2 Å². The molecule has 0 amide bonds. The number of hydrogen-bond donors (Lipinski definition) is 3. The molecule has 1 unspecified atom stereocenters. The average Bonchev–Trinajstić information content (AvgIpc) is 2.71. The molecular weight excluding hydrogens is 316 g/mol. The van der Waals surface area contributed by atoms with Gasteiger partial charge in [0.2, 0.25) is 0 Å². The number of nitrogens with zero attached hydrogens (tertiary/aromatic N) is 1. The van der Waals surface area contributed by atoms with Gasteiger partial charge in [0.1, 0.15) is 0 Å². The topological polar surface area (TPSA) is 76.6 Å². The Bertz CT molecular complexity index is 761. The summed E-state index contributed by atoms with van der Waals surface area (Å²) in [6.45, 7) is 1.95. The normalized spacial score (nSPS) is 23.1. The molecule has 0 spiro atoms. The maximum absolute atomic E-state index is 12.2. The zero-order valence-corrected chi connectivity index (χ0v) is 13.6. The third kappa shape index (κ3) is 3.75. The summed E-state index contributed by atoms with van der Waals surface area (Å²) in [4.78, 5) is 17.7. The van der Waals surface area contributed by atoms with Gasteiger partial charge in [-0.05, 0) is 44.0 Å². The van der Waals surface area contributed by atoms with Crippen LogP contribution in [0.4, 0.5) is 0 Å². The Morgan fingerprint density at radius 2 is 2.09 bits per heavy atom. The third-order valence-corrected chi connectivity index (χ3v) is 4.78. The molecule has 0 radical (unpaired) electrons. The number of rotatable bonds is 3. The smallest absolute Gasteiger partial charge is 0.189 e. The monoisotopic (exact) mass is 336 g/mol. The fraction of sp³-hybridized carbons (Fsp3) is 0.471. The van der Waals surface area contributed by atoms with Gasteiger partial charge in [0, 0.05) is 40.8 Å². The first-order valence-electron chi connectivity index (χ1n) is 7.86. The van der Waals surface area contributed by atoms with Crippen molar-refractivity contribution in [1.29, 1.82) is 0 Å². The molecule has 1 aromatic heterocycles. The summed E-state index contributed by atoms with van der Waals surface area (Å²) >= 11 is 5.94. The summed E-state index contributed by atoms with van der Waals surface area (Å²) in [6.07, 6.45) is 1.97. The first kappa shape index (κ1) is 16.5. The van der Waals surface area contributed by atoms with E-state index < -0.39 is 5.60 Å². The quantitative estimate of drug-likeness (QED) is 0.800. The number of benzene rings is 1. The Kier molecular flexibility index (Phi) is 4.73. The molecule has 3 N–H and O–H groups in total. The molecule has 1 atom stereocenters. The predicted molar refractivity (Wildman–Crippen MR) is 90.7 cm³/mol. The van der Waals surface area contributed by atoms with Crippen molar-refractivity contribution in [3.8, 4) is 0 Å². The highest BCUT2D eigenvalue weighted by atomic mass is 35.5. The molecule has 5 nitrogen and oxygen atoms in total. The number of hydrogen-bond acceptors (Lipinski definition) is 4. The minimum Gasteiger partial charge on any atom is -0.393 e. The van der Waals surface area contributed by atoms with E-state index in [1.54, 1.807) is 18.2 Å². The van der Waals surface area contributed by atoms with E-state index in [2.05, 4.69) is 9.88 Å². The summed E-state index contributed by atoms with van der Waals surface area (Å²) in [5.41, 5.74) is 0.609. The SMILES string of the molecule is O=c1cc(CN2CCCC(O)(CO)CC2)[nH]c2ccc(Cl)cc12. The molecule has 1 aliphatic heterocycles. The molecular formula is C17H21ClN2O3. The van der Waals surface area contributed by atoms with E-state index in [1.165, 1.54) is 0 Å². The fourth-order valence-electron chi connectivity index (χ4n) is 3.15. The Morgan fingerprint density at radius 3 is 2.87 bits per heavy atom. The Hall–Kier alpha value is -1.40. The largest absolute Gasteiger partial charge is 0.393 e. The number of aliphatic hydroxyl groups is 2. The van der Waals surface area contributed by atoms with Crippen LogP contribution in [0, 0.1) is 0 Å². The van der Waals surface area contributed by atoms with E-state index in [0.717, 1.165) is 24.2 Å². The van der Waals surface area contributed by atoms with Crippen molar-refractivity contribution in [3.63, 3.8) is 0 Å². The van der Waals surface area contributed by atoms with Gasteiger partial charge >= 0.3 is 0 Å². The maximum atomic E-state index is 12.2. The number of aromatic amines is 1. The van der Waals surface area contributed by atoms with E-state index in [4.69, 9.17) is 11.6 Å². The number of fused-ring (bicyclic) bond motifs is 1. The first-order chi connectivity index (χ1) is 11.0. The van der Waals surface area contributed by atoms with Crippen molar-refractivity contribution in [2.75, 3.05) is 19.7 Å². The van der Waals surface area contributed by atoms with Crippen LogP contribution in [0.15, 0.2) is 29.1 Å². The summed E-state index contributed by atoms with van der Waals surface area (Å²) in [5.74, 6) is 0. The van der Waals surface area contributed by atoms with Crippen molar-refractivity contribution in [2.45, 2.75) is 31.4 Å². The van der Waals surface area contributed by atoms with Gasteiger partial charge in [-0.25, -0.2) is 0 Å². The van der Waals surface area contributed by atoms with E-state index in [9.17, 15) is 15.0 Å². The molecule has 1 saturated heterocycles. The van der Waals surface area contributed by atoms with Crippen molar-refractivity contribution >= 4 is 22.5 Å². The minimum absolute atomic E-state index is 0.0436. The molecule has 1 aliphatic rings. The van der Waals surface area contributed by atoms with E-state index in [-0.39, 0.29) is 12.0 Å². The van der Waals surface area contributed by atoms with Crippen LogP contribution >= 0.6 is 11.6 Å². The first-order valence-corrected chi connectivity index (χ1v) is 8.24. The second-order valence-corrected chi connectivity index (χ2v) is 6.80. The lowest BCUT2D eigenvalue weighted by Gasteiger charge is -2.24. The number of nitrogens with one attached hydrogen (secondary N) is 1. The van der Waals surface area contributed by atoms with Crippen LogP contribution in [0.5, 0.6) is 0 Å². The van der Waals surface area contributed by atoms with Crippen molar-refractivity contribution in [3.05, 3.63) is 45.2 Å². The second-order valence-electron chi connectivity index (χ2n) is 6.36. The lowest BCUT2D eigenvalue weighted by atomic mass is 9.96. The molecule has 124 valence electrons. The molecule has 2 heterocycles. The van der Waals surface area contributed by atoms with Gasteiger partial charge in [-0.2, -0.15) is 0 Å². The summed E-state index contributed by atoms with van der Waals surface area (Å²) < 4.78 is 0. The van der Waals surface area contributed by atoms with E-state index in [0.29, 0.717) is 36.3 Å². The van der Waals surface area contributed by atoms with Gasteiger partial charge in [-0.3, -0.25) is 9.69 Å². The number of pyridine rings is 1. The highest BCUT2D eigenvalue weighted by Gasteiger charge is 2.29. The van der Waals surface area contributed by atoms with Crippen molar-refractivity contribution in [1.82, 2.24) is 9.88 Å². The van der Waals surface area contributed by atoms with Gasteiger partial charge in [-0.15, -0.1) is 0 Å². The zero-order valence-electron chi connectivity index (χ0n) is 12.9. The summed E-state index contributed by atoms with van der Waals surface area (Å²) in [5, 5.41) is 20.6. The Balaban J connectivity index is 1.79. The van der Waals surface area contributed by atoms with Crippen LogP contribution in [0.1, 0.15) is 25.0 Å². The third-order valence-electron chi connectivity index (χ3n) is 4.55. The number of H-pyrrole nitrogens is 1. The maximum Gasteiger partial charge on any atom is 0.189 e. The van der Waals surface area contributed by atoms with Gasteiger partial charge < -0.3 is 15.2 Å². The molecule has 0 bridgehead atoms. The number of likely N-dealkylation sites (tertiary alicyclic amines) is 1. The lowest BCUT2D eigenvalue weighted by molar-refractivity contribution is -0.0255. The number of aromatic nitrogens is 1. The molecule has 1 aromatic carbocycles. The fourth-order valence-corrected chi connectivity index (χ4v) is 3.32. The summed E-state index contributed by atoms with van der Waals surface area (Å²) in [6, 6.07) is 6.86. The molecule has 0 aliphatic carbocycles. The number of halogens is 1. The molecule has 6 heteroatoms. The van der Waals surface area contributed by atoms with E-state index in [1.807, 2.05) is 6.07 Å². The molecule has 23 heavy (non-hydrogen) atoms. The lowest BCUT2D eigenvalue weighted by Crippen LogP contribution is -2.34. The van der Waals surface area contributed by atoms with Crippen LogP contribution in [0.25, 0.3) is 10.9 Å². The van der Waals surface area contributed by atoms with Crippen molar-refractivity contribution in [2.24, 2.45) is 0 Å². The van der Waals surface area contributed by atoms with Crippen LogP contribution in [-0.2, 0) is 6.54 Å². The number of aliphatic hydroxyl groups excluding tert-OH is 1. The molecule has 1 fully saturated rings. The van der Waals surface area contributed by atoms with Crippen LogP contribution in [0.2, 0.25) is 5.02 Å². The van der Waals surface area contributed by atoms with Gasteiger partial charge in [-0.1, -0.05) is 11.6 Å². The predicted octanol–water partition coefficient (Wildman–Crippen LogP) is 1.89. The second kappa shape index (κ2) is 6.61. The molecule has 2 aromatic rings. The average molecular weight is 337 g/mol. The van der Waals surface area contributed by atoms with Crippen LogP contribution in [-0.4, -0.2) is 45.4 Å². The molecule has 3 rings (SSSR count).